The Morgan fingerprint density at radius 3 is 2.44 bits per heavy atom. The molecule has 1 aliphatic rings. The van der Waals surface area contributed by atoms with E-state index in [9.17, 15) is 23.8 Å². The van der Waals surface area contributed by atoms with E-state index in [4.69, 9.17) is 4.74 Å². The van der Waals surface area contributed by atoms with E-state index < -0.39 is 16.8 Å². The van der Waals surface area contributed by atoms with Crippen molar-refractivity contribution in [2.45, 2.75) is 44.3 Å². The van der Waals surface area contributed by atoms with Crippen molar-refractivity contribution in [1.29, 1.82) is 0 Å². The van der Waals surface area contributed by atoms with Gasteiger partial charge in [-0.1, -0.05) is 19.1 Å². The van der Waals surface area contributed by atoms with Crippen LogP contribution in [0.1, 0.15) is 47.3 Å². The number of nitrogens with one attached hydrogen (secondary N) is 1. The molecule has 0 amide bonds. The summed E-state index contributed by atoms with van der Waals surface area (Å²) in [5.74, 6) is -1.28. The summed E-state index contributed by atoms with van der Waals surface area (Å²) in [5, 5.41) is 25.2. The third-order valence-corrected chi connectivity index (χ3v) is 6.24. The minimum absolute atomic E-state index is 0.0729. The van der Waals surface area contributed by atoms with Gasteiger partial charge in [0.2, 0.25) is 0 Å². The molecule has 0 aromatic heterocycles. The van der Waals surface area contributed by atoms with Gasteiger partial charge in [-0.25, -0.2) is 13.6 Å². The molecule has 0 saturated heterocycles. The van der Waals surface area contributed by atoms with E-state index in [1.54, 1.807) is 31.2 Å². The average Bonchev–Trinajstić information content (AvgIpc) is 3.15. The van der Waals surface area contributed by atoms with Crippen LogP contribution >= 0.6 is 0 Å². The summed E-state index contributed by atoms with van der Waals surface area (Å²) in [5.41, 5.74) is 1.02. The summed E-state index contributed by atoms with van der Waals surface area (Å²) < 4.78 is 32.5. The summed E-state index contributed by atoms with van der Waals surface area (Å²) in [6.07, 6.45) is 0.422. The number of anilines is 1. The molecule has 178 valence electrons. The average molecular weight is 468 g/mol. The van der Waals surface area contributed by atoms with Crippen molar-refractivity contribution in [1.82, 2.24) is 0 Å². The largest absolute Gasteiger partial charge is 0.508 e. The lowest BCUT2D eigenvalue weighted by Crippen LogP contribution is -2.41. The van der Waals surface area contributed by atoms with Crippen molar-refractivity contribution in [2.75, 3.05) is 11.9 Å². The molecule has 3 aromatic rings. The lowest BCUT2D eigenvalue weighted by molar-refractivity contribution is 0.0302. The van der Waals surface area contributed by atoms with Crippen LogP contribution in [0.4, 0.5) is 14.5 Å². The zero-order valence-electron chi connectivity index (χ0n) is 19.1. The smallest absolute Gasteiger partial charge is 0.338 e. The van der Waals surface area contributed by atoms with E-state index in [-0.39, 0.29) is 43.5 Å². The second-order valence-electron chi connectivity index (χ2n) is 9.50. The third kappa shape index (κ3) is 5.20. The molecule has 34 heavy (non-hydrogen) atoms. The quantitative estimate of drug-likeness (QED) is 0.402. The number of fused-ring (bicyclic) bond motifs is 1. The van der Waals surface area contributed by atoms with Gasteiger partial charge in [-0.2, -0.15) is 0 Å². The number of esters is 1. The Balaban J connectivity index is 1.61. The first-order valence-electron chi connectivity index (χ1n) is 11.0. The normalized spacial score (nSPS) is 16.3. The Kier molecular flexibility index (Phi) is 6.32. The topological polar surface area (TPSA) is 78.8 Å². The number of benzene rings is 3. The van der Waals surface area contributed by atoms with Crippen LogP contribution in [0.3, 0.4) is 0 Å². The zero-order valence-corrected chi connectivity index (χ0v) is 19.1. The van der Waals surface area contributed by atoms with E-state index >= 15 is 0 Å². The lowest BCUT2D eigenvalue weighted by atomic mass is 9.72. The molecule has 0 spiro atoms. The van der Waals surface area contributed by atoms with Gasteiger partial charge in [0.15, 0.2) is 0 Å². The van der Waals surface area contributed by atoms with Crippen LogP contribution in [-0.4, -0.2) is 28.3 Å². The highest BCUT2D eigenvalue weighted by Gasteiger charge is 2.37. The molecule has 1 aliphatic heterocycles. The minimum atomic E-state index is -1.24. The van der Waals surface area contributed by atoms with Gasteiger partial charge in [0.05, 0.1) is 11.2 Å². The Labute approximate surface area is 197 Å². The number of aromatic hydroxyl groups is 1. The highest BCUT2D eigenvalue weighted by Crippen LogP contribution is 2.39. The molecule has 1 heterocycles. The van der Waals surface area contributed by atoms with Crippen LogP contribution in [0.25, 0.3) is 0 Å². The van der Waals surface area contributed by atoms with Crippen LogP contribution < -0.4 is 5.32 Å². The molecule has 0 radical (unpaired) electrons. The molecule has 0 aliphatic carbocycles. The number of phenolic OH excluding ortho intramolecular Hbond substituents is 1. The van der Waals surface area contributed by atoms with E-state index in [1.807, 2.05) is 13.0 Å². The van der Waals surface area contributed by atoms with Crippen molar-refractivity contribution >= 4 is 11.7 Å². The van der Waals surface area contributed by atoms with E-state index in [0.29, 0.717) is 11.1 Å². The first-order chi connectivity index (χ1) is 16.0. The molecule has 4 rings (SSSR count). The van der Waals surface area contributed by atoms with Gasteiger partial charge >= 0.3 is 5.97 Å². The fourth-order valence-corrected chi connectivity index (χ4v) is 4.73. The van der Waals surface area contributed by atoms with E-state index in [0.717, 1.165) is 16.8 Å². The van der Waals surface area contributed by atoms with Crippen molar-refractivity contribution in [3.63, 3.8) is 0 Å². The number of carbonyl (C=O) groups is 1. The number of carbonyl (C=O) groups excluding carboxylic acids is 1. The number of aliphatic hydroxyl groups is 1. The van der Waals surface area contributed by atoms with E-state index in [2.05, 4.69) is 5.32 Å². The molecular formula is C27H27F2NO4. The molecule has 2 atom stereocenters. The Morgan fingerprint density at radius 2 is 1.71 bits per heavy atom. The van der Waals surface area contributed by atoms with Crippen LogP contribution in [0, 0.1) is 11.6 Å². The standard InChI is InChI=1S/C27H27F2NO4/c1-26(23-12-20(29)7-10-24(23)31,15-27(2,33)13-17-3-5-19(28)6-4-17)16-30-21-8-9-22-18(11-21)14-34-25(22)32/h3-12,30-31,33H,13-16H2,1-2H3. The molecule has 7 heteroatoms. The van der Waals surface area contributed by atoms with Crippen molar-refractivity contribution in [3.8, 4) is 5.75 Å². The number of phenols is 1. The van der Waals surface area contributed by atoms with Gasteiger partial charge in [-0.05, 0) is 67.4 Å². The van der Waals surface area contributed by atoms with Crippen molar-refractivity contribution in [3.05, 3.63) is 94.6 Å². The Hall–Kier alpha value is -3.45. The first-order valence-corrected chi connectivity index (χ1v) is 11.0. The summed E-state index contributed by atoms with van der Waals surface area (Å²) in [4.78, 5) is 11.7. The number of ether oxygens (including phenoxy) is 1. The lowest BCUT2D eigenvalue weighted by Gasteiger charge is -2.38. The number of halogens is 2. The summed E-state index contributed by atoms with van der Waals surface area (Å²) in [7, 11) is 0. The zero-order chi connectivity index (χ0) is 24.5. The summed E-state index contributed by atoms with van der Waals surface area (Å²) in [6, 6.07) is 14.9. The predicted octanol–water partition coefficient (Wildman–Crippen LogP) is 5.09. The number of rotatable bonds is 8. The van der Waals surface area contributed by atoms with Crippen LogP contribution in [0.15, 0.2) is 60.7 Å². The molecule has 0 fully saturated rings. The van der Waals surface area contributed by atoms with Crippen molar-refractivity contribution < 1.29 is 28.5 Å². The second kappa shape index (κ2) is 9.06. The van der Waals surface area contributed by atoms with Gasteiger partial charge in [-0.15, -0.1) is 0 Å². The SMILES string of the molecule is CC(O)(Cc1ccc(F)cc1)CC(C)(CNc1ccc2c(c1)COC2=O)c1cc(F)ccc1O. The highest BCUT2D eigenvalue weighted by atomic mass is 19.1. The number of hydrogen-bond acceptors (Lipinski definition) is 5. The van der Waals surface area contributed by atoms with Gasteiger partial charge in [0, 0.05) is 35.2 Å². The molecule has 5 nitrogen and oxygen atoms in total. The maximum Gasteiger partial charge on any atom is 0.338 e. The molecule has 3 aromatic carbocycles. The van der Waals surface area contributed by atoms with Gasteiger partial charge < -0.3 is 20.3 Å². The maximum atomic E-state index is 14.2. The molecule has 0 saturated carbocycles. The highest BCUT2D eigenvalue weighted by molar-refractivity contribution is 5.93. The number of hydrogen-bond donors (Lipinski definition) is 3. The molecule has 3 N–H and O–H groups in total. The Bertz CT molecular complexity index is 1210. The predicted molar refractivity (Wildman–Crippen MR) is 125 cm³/mol. The second-order valence-corrected chi connectivity index (χ2v) is 9.50. The van der Waals surface area contributed by atoms with Gasteiger partial charge in [0.25, 0.3) is 0 Å². The third-order valence-electron chi connectivity index (χ3n) is 6.24. The molecule has 0 bridgehead atoms. The maximum absolute atomic E-state index is 14.2. The fraction of sp³-hybridized carbons (Fsp3) is 0.296. The summed E-state index contributed by atoms with van der Waals surface area (Å²) in [6.45, 7) is 3.98. The Morgan fingerprint density at radius 1 is 1.00 bits per heavy atom. The summed E-state index contributed by atoms with van der Waals surface area (Å²) >= 11 is 0. The monoisotopic (exact) mass is 467 g/mol. The molecular weight excluding hydrogens is 440 g/mol. The minimum Gasteiger partial charge on any atom is -0.508 e. The molecule has 2 unspecified atom stereocenters. The van der Waals surface area contributed by atoms with Crippen molar-refractivity contribution in [2.24, 2.45) is 0 Å². The van der Waals surface area contributed by atoms with Crippen LogP contribution in [0.2, 0.25) is 0 Å². The van der Waals surface area contributed by atoms with Crippen LogP contribution in [0.5, 0.6) is 5.75 Å². The van der Waals surface area contributed by atoms with Gasteiger partial charge in [-0.3, -0.25) is 0 Å². The number of cyclic esters (lactones) is 1. The first kappa shape index (κ1) is 23.7. The fourth-order valence-electron chi connectivity index (χ4n) is 4.73. The van der Waals surface area contributed by atoms with Gasteiger partial charge in [0.1, 0.15) is 24.0 Å². The van der Waals surface area contributed by atoms with E-state index in [1.165, 1.54) is 30.3 Å². The van der Waals surface area contributed by atoms with Crippen LogP contribution in [-0.2, 0) is 23.2 Å².